The molecule has 0 fully saturated rings. The Morgan fingerprint density at radius 3 is 2.90 bits per heavy atom. The van der Waals surface area contributed by atoms with Crippen LogP contribution < -0.4 is 0 Å². The van der Waals surface area contributed by atoms with Crippen LogP contribution in [0, 0.1) is 10.1 Å². The number of carbonyl (C=O) groups is 1. The van der Waals surface area contributed by atoms with E-state index in [4.69, 9.17) is 5.11 Å². The van der Waals surface area contributed by atoms with Crippen molar-refractivity contribution in [3.05, 3.63) is 34.6 Å². The third-order valence-electron chi connectivity index (χ3n) is 2.57. The van der Waals surface area contributed by atoms with Gasteiger partial charge in [-0.3, -0.25) is 14.9 Å². The van der Waals surface area contributed by atoms with Crippen LogP contribution in [0.2, 0.25) is 0 Å². The number of non-ortho nitro benzene ring substituents is 1. The smallest absolute Gasteiger partial charge is 0.304 e. The van der Waals surface area contributed by atoms with E-state index in [0.717, 1.165) is 0 Å². The van der Waals surface area contributed by atoms with Crippen LogP contribution >= 0.6 is 11.8 Å². The molecule has 0 aliphatic heterocycles. The monoisotopic (exact) mass is 293 g/mol. The Kier molecular flexibility index (Phi) is 4.14. The number of carboxylic acids is 1. The Morgan fingerprint density at radius 1 is 1.50 bits per heavy atom. The van der Waals surface area contributed by atoms with Crippen molar-refractivity contribution in [3.63, 3.8) is 0 Å². The molecule has 1 heterocycles. The zero-order chi connectivity index (χ0) is 14.7. The Hall–Kier alpha value is -2.22. The molecule has 8 heteroatoms. The zero-order valence-electron chi connectivity index (χ0n) is 10.5. The summed E-state index contributed by atoms with van der Waals surface area (Å²) in [5.41, 5.74) is 0.552. The molecule has 0 saturated heterocycles. The van der Waals surface area contributed by atoms with Crippen LogP contribution in [0.3, 0.4) is 0 Å². The SMILES string of the molecule is CC(CC(=O)O)Sc1ncnc2ccc([N+](=O)[O-])cc12. The van der Waals surface area contributed by atoms with E-state index in [-0.39, 0.29) is 17.4 Å². The summed E-state index contributed by atoms with van der Waals surface area (Å²) in [7, 11) is 0. The summed E-state index contributed by atoms with van der Waals surface area (Å²) in [5.74, 6) is -0.894. The average molecular weight is 293 g/mol. The summed E-state index contributed by atoms with van der Waals surface area (Å²) in [6, 6.07) is 4.34. The minimum Gasteiger partial charge on any atom is -0.481 e. The standard InChI is InChI=1S/C12H11N3O4S/c1-7(4-11(16)17)20-12-9-5-8(15(18)19)2-3-10(9)13-6-14-12/h2-3,5-7H,4H2,1H3,(H,16,17). The Balaban J connectivity index is 2.39. The van der Waals surface area contributed by atoms with Gasteiger partial charge in [-0.05, 0) is 6.07 Å². The molecule has 0 aliphatic carbocycles. The predicted octanol–water partition coefficient (Wildman–Crippen LogP) is 2.49. The fourth-order valence-corrected chi connectivity index (χ4v) is 2.71. The van der Waals surface area contributed by atoms with Gasteiger partial charge in [0.1, 0.15) is 11.4 Å². The molecule has 20 heavy (non-hydrogen) atoms. The number of aliphatic carboxylic acids is 1. The van der Waals surface area contributed by atoms with E-state index in [1.807, 2.05) is 0 Å². The van der Waals surface area contributed by atoms with E-state index in [2.05, 4.69) is 9.97 Å². The van der Waals surface area contributed by atoms with Gasteiger partial charge in [0.25, 0.3) is 5.69 Å². The van der Waals surface area contributed by atoms with Gasteiger partial charge >= 0.3 is 5.97 Å². The Labute approximate surface area is 118 Å². The molecule has 0 saturated carbocycles. The van der Waals surface area contributed by atoms with E-state index in [0.29, 0.717) is 15.9 Å². The maximum absolute atomic E-state index is 10.8. The number of benzene rings is 1. The fourth-order valence-electron chi connectivity index (χ4n) is 1.71. The number of hydrogen-bond donors (Lipinski definition) is 1. The first-order valence-electron chi connectivity index (χ1n) is 5.75. The van der Waals surface area contributed by atoms with Crippen LogP contribution in [0.4, 0.5) is 5.69 Å². The van der Waals surface area contributed by atoms with Crippen molar-refractivity contribution in [2.45, 2.75) is 23.6 Å². The summed E-state index contributed by atoms with van der Waals surface area (Å²) in [4.78, 5) is 29.1. The molecule has 0 amide bonds. The minimum atomic E-state index is -0.894. The van der Waals surface area contributed by atoms with Gasteiger partial charge in [0.15, 0.2) is 0 Å². The molecule has 0 aliphatic rings. The lowest BCUT2D eigenvalue weighted by atomic mass is 10.2. The summed E-state index contributed by atoms with van der Waals surface area (Å²) in [5, 5.41) is 20.5. The van der Waals surface area contributed by atoms with Gasteiger partial charge in [0.2, 0.25) is 0 Å². The maximum Gasteiger partial charge on any atom is 0.304 e. The molecule has 0 radical (unpaired) electrons. The highest BCUT2D eigenvalue weighted by atomic mass is 32.2. The highest BCUT2D eigenvalue weighted by Crippen LogP contribution is 2.31. The number of rotatable bonds is 5. The quantitative estimate of drug-likeness (QED) is 0.390. The molecule has 2 rings (SSSR count). The van der Waals surface area contributed by atoms with Crippen LogP contribution in [-0.4, -0.2) is 31.2 Å². The van der Waals surface area contributed by atoms with Crippen molar-refractivity contribution in [1.82, 2.24) is 9.97 Å². The predicted molar refractivity (Wildman–Crippen MR) is 73.8 cm³/mol. The lowest BCUT2D eigenvalue weighted by molar-refractivity contribution is -0.384. The second kappa shape index (κ2) is 5.83. The first-order valence-corrected chi connectivity index (χ1v) is 6.63. The molecular formula is C12H11N3O4S. The van der Waals surface area contributed by atoms with Crippen molar-refractivity contribution < 1.29 is 14.8 Å². The van der Waals surface area contributed by atoms with E-state index >= 15 is 0 Å². The molecule has 1 atom stereocenters. The van der Waals surface area contributed by atoms with Crippen molar-refractivity contribution in [2.75, 3.05) is 0 Å². The van der Waals surface area contributed by atoms with Gasteiger partial charge in [0, 0.05) is 22.8 Å². The van der Waals surface area contributed by atoms with E-state index in [1.165, 1.54) is 30.2 Å². The molecule has 0 bridgehead atoms. The molecule has 2 aromatic rings. The summed E-state index contributed by atoms with van der Waals surface area (Å²) < 4.78 is 0. The largest absolute Gasteiger partial charge is 0.481 e. The van der Waals surface area contributed by atoms with E-state index < -0.39 is 10.9 Å². The Morgan fingerprint density at radius 2 is 2.25 bits per heavy atom. The zero-order valence-corrected chi connectivity index (χ0v) is 11.3. The second-order valence-corrected chi connectivity index (χ2v) is 5.59. The lowest BCUT2D eigenvalue weighted by Crippen LogP contribution is -2.06. The van der Waals surface area contributed by atoms with Crippen LogP contribution in [0.5, 0.6) is 0 Å². The van der Waals surface area contributed by atoms with Gasteiger partial charge in [-0.2, -0.15) is 0 Å². The van der Waals surface area contributed by atoms with Crippen molar-refractivity contribution in [2.24, 2.45) is 0 Å². The summed E-state index contributed by atoms with van der Waals surface area (Å²) >= 11 is 1.27. The van der Waals surface area contributed by atoms with E-state index in [9.17, 15) is 14.9 Å². The van der Waals surface area contributed by atoms with Gasteiger partial charge in [-0.25, -0.2) is 9.97 Å². The minimum absolute atomic E-state index is 0.00884. The first kappa shape index (κ1) is 14.2. The van der Waals surface area contributed by atoms with Crippen LogP contribution in [-0.2, 0) is 4.79 Å². The topological polar surface area (TPSA) is 106 Å². The molecule has 7 nitrogen and oxygen atoms in total. The number of thioether (sulfide) groups is 1. The van der Waals surface area contributed by atoms with Gasteiger partial charge < -0.3 is 5.11 Å². The number of carboxylic acid groups (broad SMARTS) is 1. The highest BCUT2D eigenvalue weighted by Gasteiger charge is 2.15. The van der Waals surface area contributed by atoms with Crippen molar-refractivity contribution >= 4 is 34.3 Å². The van der Waals surface area contributed by atoms with Gasteiger partial charge in [-0.15, -0.1) is 11.8 Å². The molecule has 0 spiro atoms. The average Bonchev–Trinajstić information content (AvgIpc) is 2.37. The molecule has 104 valence electrons. The highest BCUT2D eigenvalue weighted by molar-refractivity contribution is 8.00. The summed E-state index contributed by atoms with van der Waals surface area (Å²) in [6.07, 6.45) is 1.36. The molecule has 1 unspecified atom stereocenters. The van der Waals surface area contributed by atoms with Crippen LogP contribution in [0.15, 0.2) is 29.6 Å². The van der Waals surface area contributed by atoms with Crippen molar-refractivity contribution in [3.8, 4) is 0 Å². The number of nitro groups is 1. The molecule has 1 aromatic carbocycles. The van der Waals surface area contributed by atoms with Crippen LogP contribution in [0.25, 0.3) is 10.9 Å². The Bertz CT molecular complexity index is 677. The number of hydrogen-bond acceptors (Lipinski definition) is 6. The number of fused-ring (bicyclic) bond motifs is 1. The number of aromatic nitrogens is 2. The normalized spacial score (nSPS) is 12.2. The number of nitro benzene ring substituents is 1. The number of nitrogens with zero attached hydrogens (tertiary/aromatic N) is 3. The van der Waals surface area contributed by atoms with Gasteiger partial charge in [0.05, 0.1) is 16.9 Å². The molecular weight excluding hydrogens is 282 g/mol. The molecule has 1 N–H and O–H groups in total. The summed E-state index contributed by atoms with van der Waals surface area (Å²) in [6.45, 7) is 1.77. The lowest BCUT2D eigenvalue weighted by Gasteiger charge is -2.09. The van der Waals surface area contributed by atoms with E-state index in [1.54, 1.807) is 13.0 Å². The second-order valence-electron chi connectivity index (χ2n) is 4.16. The third-order valence-corrected chi connectivity index (χ3v) is 3.69. The molecule has 1 aromatic heterocycles. The van der Waals surface area contributed by atoms with Gasteiger partial charge in [-0.1, -0.05) is 6.92 Å². The van der Waals surface area contributed by atoms with Crippen molar-refractivity contribution in [1.29, 1.82) is 0 Å². The fraction of sp³-hybridized carbons (Fsp3) is 0.250. The third kappa shape index (κ3) is 3.21. The first-order chi connectivity index (χ1) is 9.47. The van der Waals surface area contributed by atoms with Crippen LogP contribution in [0.1, 0.15) is 13.3 Å². The maximum atomic E-state index is 10.8.